The molecule has 1 aromatic carbocycles. The lowest BCUT2D eigenvalue weighted by molar-refractivity contribution is -0.118. The van der Waals surface area contributed by atoms with Crippen LogP contribution >= 0.6 is 0 Å². The van der Waals surface area contributed by atoms with Crippen LogP contribution in [0.25, 0.3) is 0 Å². The third-order valence-electron chi connectivity index (χ3n) is 3.90. The Bertz CT molecular complexity index is 927. The molecule has 0 aliphatic carbocycles. The molecule has 0 saturated heterocycles. The largest absolute Gasteiger partial charge is 0.478 e. The molecule has 1 aromatic heterocycles. The molecule has 0 atom stereocenters. The van der Waals surface area contributed by atoms with Gasteiger partial charge >= 0.3 is 0 Å². The van der Waals surface area contributed by atoms with E-state index in [1.54, 1.807) is 44.3 Å². The summed E-state index contributed by atoms with van der Waals surface area (Å²) >= 11 is 0. The molecule has 158 valence electrons. The first-order valence-corrected chi connectivity index (χ1v) is 10.9. The number of pyridine rings is 1. The van der Waals surface area contributed by atoms with Crippen LogP contribution in [0.4, 0.5) is 5.69 Å². The van der Waals surface area contributed by atoms with Gasteiger partial charge in [0.2, 0.25) is 10.0 Å². The Balaban J connectivity index is 2.06. The number of nitrogens with one attached hydrogen (secondary N) is 1. The van der Waals surface area contributed by atoms with Crippen molar-refractivity contribution in [3.63, 3.8) is 0 Å². The van der Waals surface area contributed by atoms with Crippen LogP contribution in [0, 0.1) is 0 Å². The zero-order valence-electron chi connectivity index (χ0n) is 17.1. The van der Waals surface area contributed by atoms with Gasteiger partial charge in [-0.15, -0.1) is 0 Å². The van der Waals surface area contributed by atoms with Gasteiger partial charge in [-0.25, -0.2) is 13.4 Å². The second-order valence-corrected chi connectivity index (χ2v) is 8.37. The highest BCUT2D eigenvalue weighted by Crippen LogP contribution is 2.24. The van der Waals surface area contributed by atoms with E-state index in [1.165, 1.54) is 16.4 Å². The fourth-order valence-electron chi connectivity index (χ4n) is 2.58. The molecule has 9 heteroatoms. The Labute approximate surface area is 171 Å². The lowest BCUT2D eigenvalue weighted by atomic mass is 10.3. The van der Waals surface area contributed by atoms with Crippen molar-refractivity contribution >= 4 is 21.6 Å². The molecule has 8 nitrogen and oxygen atoms in total. The van der Waals surface area contributed by atoms with E-state index in [2.05, 4.69) is 10.3 Å². The SMILES string of the molecule is CCN(CC)S(=O)(=O)c1cccc(NC(=O)COc2cccnc2OC(C)C)c1. The highest BCUT2D eigenvalue weighted by Gasteiger charge is 2.22. The van der Waals surface area contributed by atoms with Crippen LogP contribution in [-0.2, 0) is 14.8 Å². The van der Waals surface area contributed by atoms with E-state index in [0.29, 0.717) is 30.4 Å². The predicted molar refractivity (Wildman–Crippen MR) is 111 cm³/mol. The van der Waals surface area contributed by atoms with Gasteiger partial charge in [-0.05, 0) is 44.2 Å². The Kier molecular flexibility index (Phi) is 7.98. The number of ether oxygens (including phenoxy) is 2. The second-order valence-electron chi connectivity index (χ2n) is 6.43. The molecular weight excluding hydrogens is 394 g/mol. The van der Waals surface area contributed by atoms with Crippen molar-refractivity contribution < 1.29 is 22.7 Å². The summed E-state index contributed by atoms with van der Waals surface area (Å²) in [6, 6.07) is 9.49. The van der Waals surface area contributed by atoms with Gasteiger partial charge in [0.05, 0.1) is 11.0 Å². The summed E-state index contributed by atoms with van der Waals surface area (Å²) in [5, 5.41) is 2.65. The Hall–Kier alpha value is -2.65. The van der Waals surface area contributed by atoms with Crippen LogP contribution in [0.5, 0.6) is 11.6 Å². The number of sulfonamides is 1. The Morgan fingerprint density at radius 2 is 1.90 bits per heavy atom. The highest BCUT2D eigenvalue weighted by molar-refractivity contribution is 7.89. The molecule has 0 radical (unpaired) electrons. The van der Waals surface area contributed by atoms with Crippen LogP contribution in [0.3, 0.4) is 0 Å². The number of carbonyl (C=O) groups is 1. The number of hydrogen-bond donors (Lipinski definition) is 1. The van der Waals surface area contributed by atoms with Crippen molar-refractivity contribution in [2.75, 3.05) is 25.0 Å². The van der Waals surface area contributed by atoms with Crippen LogP contribution in [-0.4, -0.2) is 49.4 Å². The third kappa shape index (κ3) is 6.16. The minimum atomic E-state index is -3.61. The molecule has 0 spiro atoms. The van der Waals surface area contributed by atoms with Crippen LogP contribution in [0.1, 0.15) is 27.7 Å². The minimum absolute atomic E-state index is 0.0865. The molecule has 2 aromatic rings. The summed E-state index contributed by atoms with van der Waals surface area (Å²) in [5.41, 5.74) is 0.372. The average molecular weight is 422 g/mol. The van der Waals surface area contributed by atoms with E-state index >= 15 is 0 Å². The van der Waals surface area contributed by atoms with Crippen molar-refractivity contribution in [3.05, 3.63) is 42.6 Å². The number of nitrogens with zero attached hydrogens (tertiary/aromatic N) is 2. The lowest BCUT2D eigenvalue weighted by Crippen LogP contribution is -2.30. The standard InChI is InChI=1S/C20H27N3O5S/c1-5-23(6-2)29(25,26)17-10-7-9-16(13-17)22-19(24)14-27-18-11-8-12-21-20(18)28-15(3)4/h7-13,15H,5-6,14H2,1-4H3,(H,22,24). The predicted octanol–water partition coefficient (Wildman–Crippen LogP) is 2.92. The lowest BCUT2D eigenvalue weighted by Gasteiger charge is -2.19. The molecule has 0 unspecified atom stereocenters. The van der Waals surface area contributed by atoms with Gasteiger partial charge in [-0.2, -0.15) is 4.31 Å². The molecule has 1 heterocycles. The molecule has 0 aliphatic heterocycles. The maximum absolute atomic E-state index is 12.6. The van der Waals surface area contributed by atoms with Crippen molar-refractivity contribution in [2.45, 2.75) is 38.7 Å². The van der Waals surface area contributed by atoms with Gasteiger partial charge in [-0.1, -0.05) is 19.9 Å². The molecule has 29 heavy (non-hydrogen) atoms. The van der Waals surface area contributed by atoms with Gasteiger partial charge in [0.15, 0.2) is 12.4 Å². The summed E-state index contributed by atoms with van der Waals surface area (Å²) in [4.78, 5) is 16.5. The fraction of sp³-hybridized carbons (Fsp3) is 0.400. The monoisotopic (exact) mass is 421 g/mol. The van der Waals surface area contributed by atoms with E-state index < -0.39 is 15.9 Å². The summed E-state index contributed by atoms with van der Waals surface area (Å²) < 4.78 is 37.7. The third-order valence-corrected chi connectivity index (χ3v) is 5.95. The summed E-state index contributed by atoms with van der Waals surface area (Å²) in [7, 11) is -3.61. The van der Waals surface area contributed by atoms with E-state index in [9.17, 15) is 13.2 Å². The number of amides is 1. The zero-order valence-corrected chi connectivity index (χ0v) is 17.9. The van der Waals surface area contributed by atoms with Gasteiger partial charge < -0.3 is 14.8 Å². The normalized spacial score (nSPS) is 11.5. The van der Waals surface area contributed by atoms with Crippen molar-refractivity contribution in [1.29, 1.82) is 0 Å². The average Bonchev–Trinajstić information content (AvgIpc) is 2.68. The summed E-state index contributed by atoms with van der Waals surface area (Å²) in [6.07, 6.45) is 1.49. The van der Waals surface area contributed by atoms with E-state index in [4.69, 9.17) is 9.47 Å². The molecule has 0 fully saturated rings. The molecule has 0 bridgehead atoms. The summed E-state index contributed by atoms with van der Waals surface area (Å²) in [5.74, 6) is 0.235. The van der Waals surface area contributed by atoms with Crippen molar-refractivity contribution in [3.8, 4) is 11.6 Å². The van der Waals surface area contributed by atoms with Gasteiger partial charge in [0.1, 0.15) is 0 Å². The number of aromatic nitrogens is 1. The Morgan fingerprint density at radius 3 is 2.55 bits per heavy atom. The van der Waals surface area contributed by atoms with E-state index in [-0.39, 0.29) is 17.6 Å². The molecule has 0 aliphatic rings. The Morgan fingerprint density at radius 1 is 1.17 bits per heavy atom. The van der Waals surface area contributed by atoms with Crippen LogP contribution < -0.4 is 14.8 Å². The summed E-state index contributed by atoms with van der Waals surface area (Å²) in [6.45, 7) is 7.76. The number of carbonyl (C=O) groups excluding carboxylic acids is 1. The first kappa shape index (κ1) is 22.6. The first-order valence-electron chi connectivity index (χ1n) is 9.42. The second kappa shape index (κ2) is 10.2. The molecule has 1 N–H and O–H groups in total. The first-order chi connectivity index (χ1) is 13.8. The molecule has 2 rings (SSSR count). The highest BCUT2D eigenvalue weighted by atomic mass is 32.2. The number of hydrogen-bond acceptors (Lipinski definition) is 6. The molecule has 0 saturated carbocycles. The zero-order chi connectivity index (χ0) is 21.4. The number of rotatable bonds is 10. The molecule has 1 amide bonds. The minimum Gasteiger partial charge on any atom is -0.478 e. The van der Waals surface area contributed by atoms with E-state index in [0.717, 1.165) is 0 Å². The topological polar surface area (TPSA) is 97.8 Å². The van der Waals surface area contributed by atoms with Crippen molar-refractivity contribution in [1.82, 2.24) is 9.29 Å². The van der Waals surface area contributed by atoms with Crippen LogP contribution in [0.2, 0.25) is 0 Å². The van der Waals surface area contributed by atoms with E-state index in [1.807, 2.05) is 13.8 Å². The van der Waals surface area contributed by atoms with Crippen LogP contribution in [0.15, 0.2) is 47.5 Å². The fourth-order valence-corrected chi connectivity index (χ4v) is 4.09. The number of benzene rings is 1. The molecular formula is C20H27N3O5S. The van der Waals surface area contributed by atoms with Gasteiger partial charge in [0.25, 0.3) is 11.8 Å². The van der Waals surface area contributed by atoms with Gasteiger partial charge in [-0.3, -0.25) is 4.79 Å². The van der Waals surface area contributed by atoms with Crippen molar-refractivity contribution in [2.24, 2.45) is 0 Å². The smallest absolute Gasteiger partial charge is 0.262 e. The maximum atomic E-state index is 12.6. The quantitative estimate of drug-likeness (QED) is 0.633. The maximum Gasteiger partial charge on any atom is 0.262 e. The van der Waals surface area contributed by atoms with Gasteiger partial charge in [0, 0.05) is 25.0 Å². The number of anilines is 1.